The molecule has 1 aliphatic carbocycles. The average Bonchev–Trinajstić information content (AvgIpc) is 2.96. The Kier molecular flexibility index (Phi) is 5.29. The minimum atomic E-state index is -0.605. The fourth-order valence-electron chi connectivity index (χ4n) is 1.61. The maximum absolute atomic E-state index is 11.6. The monoisotopic (exact) mass is 308 g/mol. The summed E-state index contributed by atoms with van der Waals surface area (Å²) in [6.45, 7) is 0.550. The van der Waals surface area contributed by atoms with Gasteiger partial charge in [0, 0.05) is 16.6 Å². The maximum atomic E-state index is 11.6. The SMILES string of the molecule is Cl.NC1(C(=O)NCCc2cc(Cl)cc(Cl)c2)CC1. The highest BCUT2D eigenvalue weighted by Crippen LogP contribution is 2.32. The molecule has 0 bridgehead atoms. The predicted molar refractivity (Wildman–Crippen MR) is 76.6 cm³/mol. The molecule has 2 rings (SSSR count). The number of nitrogens with two attached hydrogens (primary N) is 1. The van der Waals surface area contributed by atoms with Crippen LogP contribution in [0.25, 0.3) is 0 Å². The zero-order valence-electron chi connectivity index (χ0n) is 9.71. The van der Waals surface area contributed by atoms with Crippen molar-refractivity contribution in [1.29, 1.82) is 0 Å². The van der Waals surface area contributed by atoms with Crippen LogP contribution in [0.2, 0.25) is 10.0 Å². The lowest BCUT2D eigenvalue weighted by Gasteiger charge is -2.10. The van der Waals surface area contributed by atoms with Crippen LogP contribution in [0.3, 0.4) is 0 Å². The molecule has 0 spiro atoms. The third-order valence-corrected chi connectivity index (χ3v) is 3.30. The van der Waals surface area contributed by atoms with E-state index in [2.05, 4.69) is 5.32 Å². The second-order valence-corrected chi connectivity index (χ2v) is 5.31. The van der Waals surface area contributed by atoms with E-state index in [1.165, 1.54) is 0 Å². The van der Waals surface area contributed by atoms with Crippen molar-refractivity contribution in [1.82, 2.24) is 5.32 Å². The van der Waals surface area contributed by atoms with Crippen molar-refractivity contribution >= 4 is 41.5 Å². The van der Waals surface area contributed by atoms with Crippen LogP contribution in [-0.2, 0) is 11.2 Å². The molecule has 0 unspecified atom stereocenters. The van der Waals surface area contributed by atoms with Gasteiger partial charge < -0.3 is 11.1 Å². The first kappa shape index (κ1) is 15.6. The van der Waals surface area contributed by atoms with E-state index in [9.17, 15) is 4.79 Å². The Morgan fingerprint density at radius 2 is 1.83 bits per heavy atom. The van der Waals surface area contributed by atoms with E-state index in [0.717, 1.165) is 18.4 Å². The summed E-state index contributed by atoms with van der Waals surface area (Å²) in [5, 5.41) is 4.04. The van der Waals surface area contributed by atoms with Gasteiger partial charge in [-0.15, -0.1) is 12.4 Å². The van der Waals surface area contributed by atoms with Gasteiger partial charge in [0.1, 0.15) is 0 Å². The van der Waals surface area contributed by atoms with Crippen molar-refractivity contribution in [3.05, 3.63) is 33.8 Å². The molecule has 100 valence electrons. The molecule has 1 fully saturated rings. The Hall–Kier alpha value is -0.480. The third-order valence-electron chi connectivity index (χ3n) is 2.86. The van der Waals surface area contributed by atoms with E-state index in [-0.39, 0.29) is 18.3 Å². The van der Waals surface area contributed by atoms with E-state index in [4.69, 9.17) is 28.9 Å². The van der Waals surface area contributed by atoms with Gasteiger partial charge in [-0.1, -0.05) is 23.2 Å². The smallest absolute Gasteiger partial charge is 0.240 e. The topological polar surface area (TPSA) is 55.1 Å². The summed E-state index contributed by atoms with van der Waals surface area (Å²) in [5.74, 6) is -0.0642. The molecule has 1 saturated carbocycles. The Labute approximate surface area is 122 Å². The van der Waals surface area contributed by atoms with Gasteiger partial charge in [-0.2, -0.15) is 0 Å². The molecule has 6 heteroatoms. The summed E-state index contributed by atoms with van der Waals surface area (Å²) in [6.07, 6.45) is 2.26. The molecule has 3 N–H and O–H groups in total. The molecule has 0 heterocycles. The van der Waals surface area contributed by atoms with Gasteiger partial charge in [0.25, 0.3) is 0 Å². The Morgan fingerprint density at radius 1 is 1.28 bits per heavy atom. The van der Waals surface area contributed by atoms with Gasteiger partial charge >= 0.3 is 0 Å². The highest BCUT2D eigenvalue weighted by atomic mass is 35.5. The quantitative estimate of drug-likeness (QED) is 0.898. The summed E-state index contributed by atoms with van der Waals surface area (Å²) < 4.78 is 0. The van der Waals surface area contributed by atoms with Crippen LogP contribution < -0.4 is 11.1 Å². The Bertz CT molecular complexity index is 427. The number of nitrogens with one attached hydrogen (secondary N) is 1. The van der Waals surface area contributed by atoms with Crippen LogP contribution in [0.1, 0.15) is 18.4 Å². The molecule has 18 heavy (non-hydrogen) atoms. The lowest BCUT2D eigenvalue weighted by molar-refractivity contribution is -0.123. The highest BCUT2D eigenvalue weighted by molar-refractivity contribution is 6.34. The van der Waals surface area contributed by atoms with Crippen LogP contribution in [0.4, 0.5) is 0 Å². The van der Waals surface area contributed by atoms with Crippen LogP contribution in [0.15, 0.2) is 18.2 Å². The van der Waals surface area contributed by atoms with Crippen LogP contribution in [0, 0.1) is 0 Å². The van der Waals surface area contributed by atoms with Gasteiger partial charge in [-0.3, -0.25) is 4.79 Å². The summed E-state index contributed by atoms with van der Waals surface area (Å²) in [4.78, 5) is 11.6. The average molecular weight is 310 g/mol. The standard InChI is InChI=1S/C12H14Cl2N2O.ClH/c13-9-5-8(6-10(14)7-9)1-4-16-11(17)12(15)2-3-12;/h5-7H,1-4,15H2,(H,16,17);1H. The van der Waals surface area contributed by atoms with Gasteiger partial charge in [0.15, 0.2) is 0 Å². The summed E-state index contributed by atoms with van der Waals surface area (Å²) in [5.41, 5.74) is 6.16. The number of hydrogen-bond donors (Lipinski definition) is 2. The molecule has 0 saturated heterocycles. The van der Waals surface area contributed by atoms with Crippen molar-refractivity contribution in [2.45, 2.75) is 24.8 Å². The predicted octanol–water partition coefficient (Wildman–Crippen LogP) is 2.57. The molecule has 0 atom stereocenters. The van der Waals surface area contributed by atoms with Crippen molar-refractivity contribution < 1.29 is 4.79 Å². The maximum Gasteiger partial charge on any atom is 0.240 e. The largest absolute Gasteiger partial charge is 0.354 e. The normalized spacial score (nSPS) is 15.7. The molecule has 1 aliphatic rings. The van der Waals surface area contributed by atoms with Gasteiger partial charge in [0.05, 0.1) is 5.54 Å². The molecular formula is C12H15Cl3N2O. The number of halogens is 3. The van der Waals surface area contributed by atoms with Crippen LogP contribution in [0.5, 0.6) is 0 Å². The highest BCUT2D eigenvalue weighted by Gasteiger charge is 2.45. The second-order valence-electron chi connectivity index (χ2n) is 4.44. The van der Waals surface area contributed by atoms with Crippen molar-refractivity contribution in [2.24, 2.45) is 5.73 Å². The molecular weight excluding hydrogens is 295 g/mol. The first-order valence-electron chi connectivity index (χ1n) is 5.52. The van der Waals surface area contributed by atoms with Crippen molar-refractivity contribution in [3.8, 4) is 0 Å². The van der Waals surface area contributed by atoms with E-state index in [1.54, 1.807) is 6.07 Å². The van der Waals surface area contributed by atoms with E-state index >= 15 is 0 Å². The Morgan fingerprint density at radius 3 is 2.33 bits per heavy atom. The Balaban J connectivity index is 0.00000162. The first-order valence-corrected chi connectivity index (χ1v) is 6.27. The molecule has 1 aromatic carbocycles. The number of amides is 1. The molecule has 0 radical (unpaired) electrons. The van der Waals surface area contributed by atoms with Gasteiger partial charge in [-0.05, 0) is 43.0 Å². The zero-order valence-corrected chi connectivity index (χ0v) is 12.0. The minimum Gasteiger partial charge on any atom is -0.354 e. The minimum absolute atomic E-state index is 0. The summed E-state index contributed by atoms with van der Waals surface area (Å²) in [7, 11) is 0. The van der Waals surface area contributed by atoms with Gasteiger partial charge in [0.2, 0.25) is 5.91 Å². The molecule has 0 aliphatic heterocycles. The molecule has 0 aromatic heterocycles. The fraction of sp³-hybridized carbons (Fsp3) is 0.417. The summed E-state index contributed by atoms with van der Waals surface area (Å²) in [6, 6.07) is 5.37. The number of hydrogen-bond acceptors (Lipinski definition) is 2. The van der Waals surface area contributed by atoms with E-state index in [0.29, 0.717) is 23.0 Å². The number of benzene rings is 1. The number of carbonyl (C=O) groups excluding carboxylic acids is 1. The number of rotatable bonds is 4. The van der Waals surface area contributed by atoms with Crippen molar-refractivity contribution in [3.63, 3.8) is 0 Å². The fourth-order valence-corrected chi connectivity index (χ4v) is 2.18. The van der Waals surface area contributed by atoms with Crippen LogP contribution in [-0.4, -0.2) is 18.0 Å². The zero-order chi connectivity index (χ0) is 12.5. The molecule has 1 aromatic rings. The van der Waals surface area contributed by atoms with Crippen molar-refractivity contribution in [2.75, 3.05) is 6.54 Å². The van der Waals surface area contributed by atoms with Crippen LogP contribution >= 0.6 is 35.6 Å². The van der Waals surface area contributed by atoms with Gasteiger partial charge in [-0.25, -0.2) is 0 Å². The first-order chi connectivity index (χ1) is 7.99. The van der Waals surface area contributed by atoms with E-state index < -0.39 is 5.54 Å². The summed E-state index contributed by atoms with van der Waals surface area (Å²) >= 11 is 11.8. The molecule has 1 amide bonds. The van der Waals surface area contributed by atoms with E-state index in [1.807, 2.05) is 12.1 Å². The third kappa shape index (κ3) is 4.02. The molecule has 3 nitrogen and oxygen atoms in total. The number of carbonyl (C=O) groups is 1. The lowest BCUT2D eigenvalue weighted by Crippen LogP contribution is -2.43. The lowest BCUT2D eigenvalue weighted by atomic mass is 10.1. The second kappa shape index (κ2) is 6.11.